The summed E-state index contributed by atoms with van der Waals surface area (Å²) in [6.45, 7) is 1.64. The smallest absolute Gasteiger partial charge is 0.326 e. The average molecular weight is 438 g/mol. The quantitative estimate of drug-likeness (QED) is 0.548. The van der Waals surface area contributed by atoms with Gasteiger partial charge in [0.25, 0.3) is 11.5 Å². The minimum atomic E-state index is -1.24. The number of aliphatic carboxylic acids is 1. The molecule has 0 aliphatic heterocycles. The van der Waals surface area contributed by atoms with Crippen LogP contribution >= 0.6 is 23.2 Å². The van der Waals surface area contributed by atoms with E-state index in [-0.39, 0.29) is 23.5 Å². The Hall–Kier alpha value is -2.97. The second-order valence-corrected chi connectivity index (χ2v) is 7.25. The van der Waals surface area contributed by atoms with Crippen LogP contribution in [0, 0.1) is 0 Å². The molecule has 29 heavy (non-hydrogen) atoms. The van der Waals surface area contributed by atoms with Crippen LogP contribution < -0.4 is 10.9 Å². The van der Waals surface area contributed by atoms with Gasteiger partial charge in [0.2, 0.25) is 0 Å². The lowest BCUT2D eigenvalue weighted by Crippen LogP contribution is -2.43. The fourth-order valence-corrected chi connectivity index (χ4v) is 3.26. The number of nitrogens with zero attached hydrogens (tertiary/aromatic N) is 2. The third-order valence-electron chi connectivity index (χ3n) is 4.44. The summed E-state index contributed by atoms with van der Waals surface area (Å²) in [6, 6.07) is 6.96. The van der Waals surface area contributed by atoms with Gasteiger partial charge in [-0.15, -0.1) is 0 Å². The van der Waals surface area contributed by atoms with Crippen molar-refractivity contribution in [3.63, 3.8) is 0 Å². The number of amides is 1. The number of halogens is 2. The van der Waals surface area contributed by atoms with E-state index in [0.29, 0.717) is 5.02 Å². The number of carboxylic acids is 1. The van der Waals surface area contributed by atoms with Crippen molar-refractivity contribution in [1.82, 2.24) is 14.5 Å². The maximum Gasteiger partial charge on any atom is 0.326 e. The number of fused-ring (bicyclic) bond motifs is 1. The van der Waals surface area contributed by atoms with Gasteiger partial charge in [-0.3, -0.25) is 14.1 Å². The van der Waals surface area contributed by atoms with Crippen LogP contribution in [0.4, 0.5) is 0 Å². The highest BCUT2D eigenvalue weighted by Crippen LogP contribution is 2.26. The van der Waals surface area contributed by atoms with Crippen LogP contribution in [0.3, 0.4) is 0 Å². The van der Waals surface area contributed by atoms with E-state index in [9.17, 15) is 19.5 Å². The number of carbonyl (C=O) groups is 2. The molecule has 0 aliphatic carbocycles. The molecule has 3 aromatic rings. The van der Waals surface area contributed by atoms with Crippen molar-refractivity contribution in [2.24, 2.45) is 0 Å². The molecule has 0 aliphatic rings. The predicted molar refractivity (Wildman–Crippen MR) is 108 cm³/mol. The zero-order valence-corrected chi connectivity index (χ0v) is 16.7. The highest BCUT2D eigenvalue weighted by atomic mass is 35.5. The van der Waals surface area contributed by atoms with Crippen LogP contribution in [0.2, 0.25) is 10.0 Å². The maximum atomic E-state index is 13.1. The van der Waals surface area contributed by atoms with Crippen molar-refractivity contribution in [3.8, 4) is 5.75 Å². The summed E-state index contributed by atoms with van der Waals surface area (Å²) in [4.78, 5) is 36.9. The van der Waals surface area contributed by atoms with Crippen LogP contribution in [0.1, 0.15) is 29.3 Å². The Kier molecular flexibility index (Phi) is 5.86. The SMILES string of the molecule is CCC(NC(=O)c1c(O)c2cc(Cl)cn2n(Cc2ccc(Cl)cc2)c1=O)C(=O)O. The van der Waals surface area contributed by atoms with Gasteiger partial charge in [-0.05, 0) is 30.2 Å². The molecule has 10 heteroatoms. The second-order valence-electron chi connectivity index (χ2n) is 6.37. The molecule has 0 saturated carbocycles. The third-order valence-corrected chi connectivity index (χ3v) is 4.90. The van der Waals surface area contributed by atoms with Crippen molar-refractivity contribution in [2.45, 2.75) is 25.9 Å². The average Bonchev–Trinajstić information content (AvgIpc) is 3.06. The van der Waals surface area contributed by atoms with Crippen LogP contribution in [0.15, 0.2) is 41.3 Å². The first kappa shape index (κ1) is 20.8. The minimum Gasteiger partial charge on any atom is -0.505 e. The van der Waals surface area contributed by atoms with Crippen molar-refractivity contribution < 1.29 is 19.8 Å². The fourth-order valence-electron chi connectivity index (χ4n) is 2.94. The normalized spacial score (nSPS) is 12.1. The van der Waals surface area contributed by atoms with E-state index in [1.807, 2.05) is 0 Å². The summed E-state index contributed by atoms with van der Waals surface area (Å²) in [5.74, 6) is -2.80. The van der Waals surface area contributed by atoms with Gasteiger partial charge < -0.3 is 15.5 Å². The van der Waals surface area contributed by atoms with E-state index in [1.54, 1.807) is 31.2 Å². The Morgan fingerprint density at radius 2 is 1.83 bits per heavy atom. The largest absolute Gasteiger partial charge is 0.505 e. The summed E-state index contributed by atoms with van der Waals surface area (Å²) in [5.41, 5.74) is -0.496. The molecule has 2 aromatic heterocycles. The van der Waals surface area contributed by atoms with Crippen LogP contribution in [-0.2, 0) is 11.3 Å². The molecule has 1 unspecified atom stereocenters. The van der Waals surface area contributed by atoms with Gasteiger partial charge in [0.1, 0.15) is 17.1 Å². The molecule has 8 nitrogen and oxygen atoms in total. The molecule has 3 N–H and O–H groups in total. The van der Waals surface area contributed by atoms with E-state index in [0.717, 1.165) is 5.56 Å². The number of nitrogens with one attached hydrogen (secondary N) is 1. The summed E-state index contributed by atoms with van der Waals surface area (Å²) < 4.78 is 2.57. The van der Waals surface area contributed by atoms with E-state index in [4.69, 9.17) is 28.3 Å². The minimum absolute atomic E-state index is 0.0637. The summed E-state index contributed by atoms with van der Waals surface area (Å²) in [5, 5.41) is 22.7. The molecule has 2 heterocycles. The molecule has 1 aromatic carbocycles. The highest BCUT2D eigenvalue weighted by Gasteiger charge is 2.26. The summed E-state index contributed by atoms with van der Waals surface area (Å²) >= 11 is 11.9. The van der Waals surface area contributed by atoms with Crippen molar-refractivity contribution in [2.75, 3.05) is 0 Å². The van der Waals surface area contributed by atoms with Gasteiger partial charge in [0.05, 0.1) is 11.6 Å². The van der Waals surface area contributed by atoms with Gasteiger partial charge in [-0.25, -0.2) is 9.48 Å². The molecule has 0 spiro atoms. The monoisotopic (exact) mass is 437 g/mol. The van der Waals surface area contributed by atoms with Crippen LogP contribution in [-0.4, -0.2) is 37.3 Å². The number of hydrogen-bond donors (Lipinski definition) is 3. The Morgan fingerprint density at radius 1 is 1.17 bits per heavy atom. The zero-order valence-electron chi connectivity index (χ0n) is 15.2. The number of carboxylic acid groups (broad SMARTS) is 1. The lowest BCUT2D eigenvalue weighted by molar-refractivity contribution is -0.139. The Balaban J connectivity index is 2.15. The molecule has 0 bridgehead atoms. The van der Waals surface area contributed by atoms with Crippen molar-refractivity contribution in [3.05, 3.63) is 68.1 Å². The highest BCUT2D eigenvalue weighted by molar-refractivity contribution is 6.31. The number of rotatable bonds is 6. The van der Waals surface area contributed by atoms with Crippen LogP contribution in [0.5, 0.6) is 5.75 Å². The molecule has 0 radical (unpaired) electrons. The lowest BCUT2D eigenvalue weighted by atomic mass is 10.1. The first-order chi connectivity index (χ1) is 13.7. The Morgan fingerprint density at radius 3 is 2.41 bits per heavy atom. The number of benzene rings is 1. The molecule has 1 amide bonds. The van der Waals surface area contributed by atoms with E-state index in [1.165, 1.54) is 21.5 Å². The van der Waals surface area contributed by atoms with E-state index >= 15 is 0 Å². The van der Waals surface area contributed by atoms with Crippen LogP contribution in [0.25, 0.3) is 5.52 Å². The molecule has 3 rings (SSSR count). The zero-order chi connectivity index (χ0) is 21.3. The van der Waals surface area contributed by atoms with Crippen molar-refractivity contribution in [1.29, 1.82) is 0 Å². The third kappa shape index (κ3) is 4.08. The summed E-state index contributed by atoms with van der Waals surface area (Å²) in [6.07, 6.45) is 1.54. The topological polar surface area (TPSA) is 113 Å². The maximum absolute atomic E-state index is 13.1. The standard InChI is InChI=1S/C19H17Cl2N3O5/c1-2-13(19(28)29)22-17(26)15-16(25)14-7-12(21)9-23(14)24(18(15)27)8-10-3-5-11(20)6-4-10/h3-7,9,13,25H,2,8H2,1H3,(H,22,26)(H,28,29). The van der Waals surface area contributed by atoms with Gasteiger partial charge in [0, 0.05) is 11.2 Å². The van der Waals surface area contributed by atoms with Gasteiger partial charge in [-0.2, -0.15) is 0 Å². The first-order valence-corrected chi connectivity index (χ1v) is 9.40. The number of aromatic nitrogens is 2. The van der Waals surface area contributed by atoms with Gasteiger partial charge in [-0.1, -0.05) is 42.3 Å². The van der Waals surface area contributed by atoms with Gasteiger partial charge in [0.15, 0.2) is 5.75 Å². The fraction of sp³-hybridized carbons (Fsp3) is 0.211. The second kappa shape index (κ2) is 8.18. The first-order valence-electron chi connectivity index (χ1n) is 8.64. The number of aromatic hydroxyl groups is 1. The molecule has 0 saturated heterocycles. The van der Waals surface area contributed by atoms with Gasteiger partial charge >= 0.3 is 5.97 Å². The van der Waals surface area contributed by atoms with E-state index < -0.39 is 34.8 Å². The lowest BCUT2D eigenvalue weighted by Gasteiger charge is -2.16. The Labute approximate surface area is 174 Å². The number of carbonyl (C=O) groups excluding carboxylic acids is 1. The van der Waals surface area contributed by atoms with E-state index in [2.05, 4.69) is 5.32 Å². The predicted octanol–water partition coefficient (Wildman–Crippen LogP) is 2.75. The molecule has 0 fully saturated rings. The summed E-state index contributed by atoms with van der Waals surface area (Å²) in [7, 11) is 0. The molecular weight excluding hydrogens is 421 g/mol. The Bertz CT molecular complexity index is 1150. The molecule has 152 valence electrons. The van der Waals surface area contributed by atoms with Crippen molar-refractivity contribution >= 4 is 40.6 Å². The number of hydrogen-bond acceptors (Lipinski definition) is 4. The molecular formula is C19H17Cl2N3O5. The molecule has 1 atom stereocenters.